The summed E-state index contributed by atoms with van der Waals surface area (Å²) in [4.78, 5) is 15.9. The van der Waals surface area contributed by atoms with Crippen molar-refractivity contribution in [2.24, 2.45) is 0 Å². The molecule has 0 aliphatic carbocycles. The van der Waals surface area contributed by atoms with Gasteiger partial charge in [-0.25, -0.2) is 8.78 Å². The molecule has 0 spiro atoms. The van der Waals surface area contributed by atoms with Crippen molar-refractivity contribution in [1.29, 1.82) is 0 Å². The number of rotatable bonds is 4. The lowest BCUT2D eigenvalue weighted by atomic mass is 9.95. The Morgan fingerprint density at radius 3 is 2.51 bits per heavy atom. The zero-order valence-corrected chi connectivity index (χ0v) is 24.2. The SMILES string of the molecule is CN1CCCC1.COc1nc2c(c(N3CC4CC(O)(C(F)F)C(C3)N4)n1)CCN(c1cccc3cccc(Cl)c13)C2. The summed E-state index contributed by atoms with van der Waals surface area (Å²) in [6, 6.07) is 11.3. The molecule has 11 heteroatoms. The van der Waals surface area contributed by atoms with Gasteiger partial charge in [0.2, 0.25) is 0 Å². The van der Waals surface area contributed by atoms with Crippen LogP contribution in [0.3, 0.4) is 0 Å². The number of halogens is 3. The average molecular weight is 587 g/mol. The highest BCUT2D eigenvalue weighted by Crippen LogP contribution is 2.40. The van der Waals surface area contributed by atoms with Gasteiger partial charge in [-0.1, -0.05) is 35.9 Å². The molecule has 8 nitrogen and oxygen atoms in total. The van der Waals surface area contributed by atoms with Crippen LogP contribution in [0.2, 0.25) is 5.02 Å². The monoisotopic (exact) mass is 586 g/mol. The number of likely N-dealkylation sites (tertiary alicyclic amines) is 1. The molecule has 3 aromatic rings. The number of hydrogen-bond donors (Lipinski definition) is 2. The summed E-state index contributed by atoms with van der Waals surface area (Å²) in [5.74, 6) is 0.706. The van der Waals surface area contributed by atoms with Crippen molar-refractivity contribution in [2.75, 3.05) is 56.7 Å². The number of alkyl halides is 2. The lowest BCUT2D eigenvalue weighted by Gasteiger charge is -2.38. The Labute approximate surface area is 244 Å². The quantitative estimate of drug-likeness (QED) is 0.473. The Kier molecular flexibility index (Phi) is 7.93. The van der Waals surface area contributed by atoms with E-state index in [2.05, 4.69) is 38.2 Å². The molecule has 1 aromatic heterocycles. The van der Waals surface area contributed by atoms with E-state index < -0.39 is 18.1 Å². The molecule has 2 bridgehead atoms. The molecular formula is C30H37ClF2N6O2. The first-order valence-corrected chi connectivity index (χ1v) is 14.7. The van der Waals surface area contributed by atoms with Gasteiger partial charge in [0.15, 0.2) is 0 Å². The molecule has 7 rings (SSSR count). The Morgan fingerprint density at radius 2 is 1.83 bits per heavy atom. The second-order valence-corrected chi connectivity index (χ2v) is 12.0. The van der Waals surface area contributed by atoms with Crippen molar-refractivity contribution in [2.45, 2.75) is 56.3 Å². The number of piperazine rings is 1. The number of fused-ring (bicyclic) bond motifs is 4. The number of anilines is 2. The summed E-state index contributed by atoms with van der Waals surface area (Å²) in [7, 11) is 3.70. The number of nitrogens with one attached hydrogen (secondary N) is 1. The third-order valence-corrected chi connectivity index (χ3v) is 9.16. The molecule has 3 saturated heterocycles. The van der Waals surface area contributed by atoms with Gasteiger partial charge in [-0.05, 0) is 56.9 Å². The number of nitrogens with zero attached hydrogens (tertiary/aromatic N) is 5. The molecule has 0 saturated carbocycles. The number of aromatic nitrogens is 2. The zero-order chi connectivity index (χ0) is 28.7. The van der Waals surface area contributed by atoms with Gasteiger partial charge in [-0.2, -0.15) is 9.97 Å². The average Bonchev–Trinajstić information content (AvgIpc) is 3.55. The highest BCUT2D eigenvalue weighted by Gasteiger charge is 2.55. The molecule has 0 amide bonds. The van der Waals surface area contributed by atoms with E-state index in [9.17, 15) is 13.9 Å². The van der Waals surface area contributed by atoms with Gasteiger partial charge in [-0.3, -0.25) is 0 Å². The fraction of sp³-hybridized carbons (Fsp3) is 0.533. The van der Waals surface area contributed by atoms with Gasteiger partial charge in [0.1, 0.15) is 11.4 Å². The van der Waals surface area contributed by atoms with Crippen LogP contribution in [0.4, 0.5) is 20.3 Å². The van der Waals surface area contributed by atoms with E-state index in [1.807, 2.05) is 35.2 Å². The van der Waals surface area contributed by atoms with Crippen LogP contribution in [0, 0.1) is 0 Å². The minimum Gasteiger partial charge on any atom is -0.467 e. The van der Waals surface area contributed by atoms with Crippen molar-refractivity contribution >= 4 is 33.9 Å². The molecule has 4 aliphatic rings. The van der Waals surface area contributed by atoms with E-state index in [-0.39, 0.29) is 25.0 Å². The van der Waals surface area contributed by atoms with Crippen molar-refractivity contribution < 1.29 is 18.6 Å². The topological polar surface area (TPSA) is 77.0 Å². The lowest BCUT2D eigenvalue weighted by Crippen LogP contribution is -2.58. The normalized spacial score (nSPS) is 25.8. The Bertz CT molecular complexity index is 1400. The van der Waals surface area contributed by atoms with Gasteiger partial charge < -0.3 is 29.9 Å². The van der Waals surface area contributed by atoms with Crippen molar-refractivity contribution in [1.82, 2.24) is 20.2 Å². The second kappa shape index (κ2) is 11.5. The second-order valence-electron chi connectivity index (χ2n) is 11.6. The maximum Gasteiger partial charge on any atom is 0.318 e. The molecule has 5 heterocycles. The standard InChI is InChI=1S/C25H26ClF2N5O2.C5H11N/c1-35-24-30-18-12-32(19-7-3-5-14-4-2-6-17(26)21(14)19)9-8-16(18)22(31-24)33-11-15-10-25(34,23(27)28)20(13-33)29-15;1-6-4-2-3-5-6/h2-7,15,20,23,29,34H,8-13H2,1H3;2-5H2,1H3. The summed E-state index contributed by atoms with van der Waals surface area (Å²) in [5, 5.41) is 16.5. The first-order chi connectivity index (χ1) is 19.8. The first-order valence-electron chi connectivity index (χ1n) is 14.3. The summed E-state index contributed by atoms with van der Waals surface area (Å²) in [5.41, 5.74) is 0.855. The zero-order valence-electron chi connectivity index (χ0n) is 23.5. The van der Waals surface area contributed by atoms with Crippen LogP contribution < -0.4 is 19.9 Å². The van der Waals surface area contributed by atoms with Gasteiger partial charge in [0.25, 0.3) is 6.43 Å². The fourth-order valence-electron chi connectivity index (χ4n) is 6.69. The van der Waals surface area contributed by atoms with Gasteiger partial charge in [-0.15, -0.1) is 0 Å². The summed E-state index contributed by atoms with van der Waals surface area (Å²) < 4.78 is 32.7. The van der Waals surface area contributed by atoms with Crippen molar-refractivity contribution in [3.05, 3.63) is 52.7 Å². The van der Waals surface area contributed by atoms with Gasteiger partial charge in [0, 0.05) is 48.7 Å². The van der Waals surface area contributed by atoms with E-state index in [0.29, 0.717) is 30.4 Å². The predicted molar refractivity (Wildman–Crippen MR) is 158 cm³/mol. The minimum atomic E-state index is -2.81. The number of aliphatic hydroxyl groups is 1. The maximum atomic E-state index is 13.7. The van der Waals surface area contributed by atoms with Crippen LogP contribution >= 0.6 is 11.6 Å². The molecular weight excluding hydrogens is 550 g/mol. The van der Waals surface area contributed by atoms with Crippen LogP contribution in [0.5, 0.6) is 6.01 Å². The Hall–Kier alpha value is -2.79. The number of benzene rings is 2. The molecule has 4 aliphatic heterocycles. The van der Waals surface area contributed by atoms with Crippen LogP contribution in [0.25, 0.3) is 10.8 Å². The molecule has 2 N–H and O–H groups in total. The smallest absolute Gasteiger partial charge is 0.318 e. The predicted octanol–water partition coefficient (Wildman–Crippen LogP) is 4.11. The Morgan fingerprint density at radius 1 is 1.07 bits per heavy atom. The van der Waals surface area contributed by atoms with Crippen LogP contribution in [0.15, 0.2) is 36.4 Å². The molecule has 3 atom stereocenters. The Balaban J connectivity index is 0.000000449. The third-order valence-electron chi connectivity index (χ3n) is 8.84. The van der Waals surface area contributed by atoms with Crippen LogP contribution in [0.1, 0.15) is 30.5 Å². The highest BCUT2D eigenvalue weighted by atomic mass is 35.5. The minimum absolute atomic E-state index is 0.0197. The van der Waals surface area contributed by atoms with Crippen LogP contribution in [-0.4, -0.2) is 91.0 Å². The van der Waals surface area contributed by atoms with E-state index in [0.717, 1.165) is 34.3 Å². The van der Waals surface area contributed by atoms with E-state index in [1.165, 1.54) is 33.0 Å². The first kappa shape index (κ1) is 28.3. The van der Waals surface area contributed by atoms with E-state index >= 15 is 0 Å². The van der Waals surface area contributed by atoms with Crippen LogP contribution in [-0.2, 0) is 13.0 Å². The van der Waals surface area contributed by atoms with Gasteiger partial charge >= 0.3 is 6.01 Å². The van der Waals surface area contributed by atoms with E-state index in [4.69, 9.17) is 16.3 Å². The molecule has 220 valence electrons. The maximum absolute atomic E-state index is 13.7. The number of methoxy groups -OCH3 is 1. The lowest BCUT2D eigenvalue weighted by molar-refractivity contribution is -0.0999. The third kappa shape index (κ3) is 5.43. The fourth-order valence-corrected chi connectivity index (χ4v) is 6.97. The molecule has 2 aromatic carbocycles. The van der Waals surface area contributed by atoms with Crippen molar-refractivity contribution in [3.8, 4) is 6.01 Å². The van der Waals surface area contributed by atoms with Crippen molar-refractivity contribution in [3.63, 3.8) is 0 Å². The summed E-state index contributed by atoms with van der Waals surface area (Å²) in [6.45, 7) is 4.65. The molecule has 0 radical (unpaired) electrons. The highest BCUT2D eigenvalue weighted by molar-refractivity contribution is 6.36. The number of ether oxygens (including phenoxy) is 1. The number of hydrogen-bond acceptors (Lipinski definition) is 8. The van der Waals surface area contributed by atoms with E-state index in [1.54, 1.807) is 0 Å². The van der Waals surface area contributed by atoms with Gasteiger partial charge in [0.05, 0.1) is 30.4 Å². The molecule has 41 heavy (non-hydrogen) atoms. The summed E-state index contributed by atoms with van der Waals surface area (Å²) >= 11 is 6.58. The summed E-state index contributed by atoms with van der Waals surface area (Å²) in [6.07, 6.45) is 0.729. The largest absolute Gasteiger partial charge is 0.467 e. The molecule has 3 unspecified atom stereocenters. The molecule has 3 fully saturated rings.